The number of likely N-dealkylation sites (tertiary alicyclic amines) is 1. The lowest BCUT2D eigenvalue weighted by atomic mass is 9.99. The van der Waals surface area contributed by atoms with Gasteiger partial charge in [-0.3, -0.25) is 9.59 Å². The van der Waals surface area contributed by atoms with Gasteiger partial charge in [-0.2, -0.15) is 0 Å². The molecule has 0 aliphatic carbocycles. The Labute approximate surface area is 139 Å². The van der Waals surface area contributed by atoms with E-state index < -0.39 is 0 Å². The first-order valence-electron chi connectivity index (χ1n) is 8.67. The van der Waals surface area contributed by atoms with E-state index in [1.807, 2.05) is 36.1 Å². The minimum atomic E-state index is -0.0194. The van der Waals surface area contributed by atoms with Crippen LogP contribution in [0.5, 0.6) is 0 Å². The molecule has 2 rings (SSSR count). The van der Waals surface area contributed by atoms with Gasteiger partial charge in [-0.1, -0.05) is 19.1 Å². The third kappa shape index (κ3) is 4.57. The number of carbonyl (C=O) groups excluding carboxylic acids is 2. The van der Waals surface area contributed by atoms with Crippen LogP contribution in [-0.4, -0.2) is 35.8 Å². The summed E-state index contributed by atoms with van der Waals surface area (Å²) in [7, 11) is 0. The fourth-order valence-electron chi connectivity index (χ4n) is 3.37. The Morgan fingerprint density at radius 3 is 2.74 bits per heavy atom. The van der Waals surface area contributed by atoms with Crippen LogP contribution in [0.3, 0.4) is 0 Å². The number of piperidine rings is 1. The molecule has 1 saturated heterocycles. The maximum atomic E-state index is 12.6. The molecule has 1 heterocycles. The second-order valence-electron chi connectivity index (χ2n) is 6.40. The molecule has 0 saturated carbocycles. The smallest absolute Gasteiger partial charge is 0.224 e. The molecule has 1 aromatic carbocycles. The lowest BCUT2D eigenvalue weighted by molar-refractivity contribution is -0.134. The van der Waals surface area contributed by atoms with Crippen molar-refractivity contribution in [2.24, 2.45) is 0 Å². The van der Waals surface area contributed by atoms with Gasteiger partial charge in [0.2, 0.25) is 11.8 Å². The molecule has 126 valence electrons. The van der Waals surface area contributed by atoms with Crippen LogP contribution in [0.25, 0.3) is 0 Å². The van der Waals surface area contributed by atoms with Gasteiger partial charge in [0, 0.05) is 38.2 Å². The van der Waals surface area contributed by atoms with Gasteiger partial charge in [0.25, 0.3) is 0 Å². The first-order chi connectivity index (χ1) is 11.0. The Hall–Kier alpha value is -1.84. The number of rotatable bonds is 5. The van der Waals surface area contributed by atoms with Crippen molar-refractivity contribution in [3.63, 3.8) is 0 Å². The summed E-state index contributed by atoms with van der Waals surface area (Å²) in [5.74, 6) is 0.157. The van der Waals surface area contributed by atoms with Gasteiger partial charge >= 0.3 is 0 Å². The predicted molar refractivity (Wildman–Crippen MR) is 93.5 cm³/mol. The zero-order chi connectivity index (χ0) is 16.8. The van der Waals surface area contributed by atoms with Crippen molar-refractivity contribution in [1.29, 1.82) is 0 Å². The molecule has 23 heavy (non-hydrogen) atoms. The maximum absolute atomic E-state index is 12.6. The Morgan fingerprint density at radius 1 is 1.30 bits per heavy atom. The molecular formula is C19H28N2O2. The second-order valence-corrected chi connectivity index (χ2v) is 6.40. The number of hydrogen-bond donors (Lipinski definition) is 0. The molecule has 1 atom stereocenters. The van der Waals surface area contributed by atoms with E-state index in [-0.39, 0.29) is 11.8 Å². The van der Waals surface area contributed by atoms with Crippen LogP contribution in [0, 0.1) is 6.92 Å². The summed E-state index contributed by atoms with van der Waals surface area (Å²) < 4.78 is 0. The van der Waals surface area contributed by atoms with Gasteiger partial charge in [-0.15, -0.1) is 0 Å². The first kappa shape index (κ1) is 17.5. The zero-order valence-corrected chi connectivity index (χ0v) is 14.5. The van der Waals surface area contributed by atoms with Crippen molar-refractivity contribution in [3.05, 3.63) is 29.8 Å². The fourth-order valence-corrected chi connectivity index (χ4v) is 3.37. The van der Waals surface area contributed by atoms with E-state index in [9.17, 15) is 9.59 Å². The average molecular weight is 316 g/mol. The molecule has 2 amide bonds. The molecule has 0 spiro atoms. The van der Waals surface area contributed by atoms with E-state index in [0.29, 0.717) is 19.0 Å². The second kappa shape index (κ2) is 8.14. The molecule has 0 radical (unpaired) electrons. The fraction of sp³-hybridized carbons (Fsp3) is 0.579. The van der Waals surface area contributed by atoms with Crippen LogP contribution in [0.1, 0.15) is 51.5 Å². The van der Waals surface area contributed by atoms with Gasteiger partial charge in [-0.05, 0) is 50.3 Å². The maximum Gasteiger partial charge on any atom is 0.224 e. The largest absolute Gasteiger partial charge is 0.340 e. The molecule has 1 unspecified atom stereocenters. The van der Waals surface area contributed by atoms with Crippen molar-refractivity contribution in [3.8, 4) is 0 Å². The Morgan fingerprint density at radius 2 is 2.09 bits per heavy atom. The minimum absolute atomic E-state index is 0.0194. The quantitative estimate of drug-likeness (QED) is 0.834. The van der Waals surface area contributed by atoms with Crippen LogP contribution in [0.15, 0.2) is 24.3 Å². The molecule has 1 fully saturated rings. The number of benzene rings is 1. The number of anilines is 1. The highest BCUT2D eigenvalue weighted by Gasteiger charge is 2.25. The molecule has 1 aliphatic heterocycles. The summed E-state index contributed by atoms with van der Waals surface area (Å²) in [5, 5.41) is 0. The van der Waals surface area contributed by atoms with Crippen LogP contribution < -0.4 is 4.90 Å². The van der Waals surface area contributed by atoms with Gasteiger partial charge in [0.05, 0.1) is 0 Å². The molecule has 1 aromatic rings. The van der Waals surface area contributed by atoms with E-state index in [4.69, 9.17) is 0 Å². The van der Waals surface area contributed by atoms with Crippen molar-refractivity contribution in [2.45, 2.75) is 58.9 Å². The molecule has 0 N–H and O–H groups in total. The third-order valence-electron chi connectivity index (χ3n) is 4.66. The number of amides is 2. The van der Waals surface area contributed by atoms with Crippen LogP contribution in [0.4, 0.5) is 5.69 Å². The summed E-state index contributed by atoms with van der Waals surface area (Å²) >= 11 is 0. The topological polar surface area (TPSA) is 40.6 Å². The summed E-state index contributed by atoms with van der Waals surface area (Å²) in [5.41, 5.74) is 1.98. The molecule has 1 aliphatic rings. The lowest BCUT2D eigenvalue weighted by Crippen LogP contribution is -2.44. The summed E-state index contributed by atoms with van der Waals surface area (Å²) in [6.45, 7) is 7.02. The van der Waals surface area contributed by atoms with Crippen molar-refractivity contribution < 1.29 is 9.59 Å². The van der Waals surface area contributed by atoms with E-state index in [0.717, 1.165) is 37.1 Å². The highest BCUT2D eigenvalue weighted by molar-refractivity contribution is 5.92. The normalized spacial score (nSPS) is 17.9. The summed E-state index contributed by atoms with van der Waals surface area (Å²) in [6.07, 6.45) is 4.82. The predicted octanol–water partition coefficient (Wildman–Crippen LogP) is 3.53. The van der Waals surface area contributed by atoms with Crippen LogP contribution >= 0.6 is 0 Å². The van der Waals surface area contributed by atoms with Crippen molar-refractivity contribution in [2.75, 3.05) is 18.0 Å². The molecule has 4 heteroatoms. The van der Waals surface area contributed by atoms with Gasteiger partial charge in [0.1, 0.15) is 0 Å². The number of carbonyl (C=O) groups is 2. The third-order valence-corrected chi connectivity index (χ3v) is 4.66. The standard InChI is InChI=1S/C19H28N2O2/c1-4-17-9-5-6-12-21(17)19(23)11-13-20(16(3)22)18-10-7-8-15(2)14-18/h7-8,10,14,17H,4-6,9,11-13H2,1-3H3. The van der Waals surface area contributed by atoms with Crippen molar-refractivity contribution >= 4 is 17.5 Å². The summed E-state index contributed by atoms with van der Waals surface area (Å²) in [4.78, 5) is 28.3. The summed E-state index contributed by atoms with van der Waals surface area (Å²) in [6, 6.07) is 8.24. The first-order valence-corrected chi connectivity index (χ1v) is 8.67. The van der Waals surface area contributed by atoms with Crippen LogP contribution in [-0.2, 0) is 9.59 Å². The molecule has 0 bridgehead atoms. The molecule has 0 aromatic heterocycles. The van der Waals surface area contributed by atoms with Crippen LogP contribution in [0.2, 0.25) is 0 Å². The van der Waals surface area contributed by atoms with Gasteiger partial charge in [0.15, 0.2) is 0 Å². The minimum Gasteiger partial charge on any atom is -0.340 e. The molecule has 4 nitrogen and oxygen atoms in total. The van der Waals surface area contributed by atoms with Gasteiger partial charge < -0.3 is 9.80 Å². The SMILES string of the molecule is CCC1CCCCN1C(=O)CCN(C(C)=O)c1cccc(C)c1. The van der Waals surface area contributed by atoms with E-state index in [1.165, 1.54) is 6.42 Å². The zero-order valence-electron chi connectivity index (χ0n) is 14.5. The monoisotopic (exact) mass is 316 g/mol. The Bertz CT molecular complexity index is 556. The van der Waals surface area contributed by atoms with Gasteiger partial charge in [-0.25, -0.2) is 0 Å². The highest BCUT2D eigenvalue weighted by Crippen LogP contribution is 2.21. The Kier molecular flexibility index (Phi) is 6.20. The highest BCUT2D eigenvalue weighted by atomic mass is 16.2. The van der Waals surface area contributed by atoms with E-state index in [2.05, 4.69) is 6.92 Å². The number of nitrogens with zero attached hydrogens (tertiary/aromatic N) is 2. The lowest BCUT2D eigenvalue weighted by Gasteiger charge is -2.35. The number of aryl methyl sites for hydroxylation is 1. The number of hydrogen-bond acceptors (Lipinski definition) is 2. The average Bonchev–Trinajstić information content (AvgIpc) is 2.54. The van der Waals surface area contributed by atoms with E-state index >= 15 is 0 Å². The van der Waals surface area contributed by atoms with E-state index in [1.54, 1.807) is 11.8 Å². The Balaban J connectivity index is 2.01. The van der Waals surface area contributed by atoms with Crippen molar-refractivity contribution in [1.82, 2.24) is 4.90 Å². The molecular weight excluding hydrogens is 288 g/mol.